The molecule has 1 N–H and O–H groups in total. The molecule has 0 saturated heterocycles. The van der Waals surface area contributed by atoms with E-state index in [4.69, 9.17) is 0 Å². The smallest absolute Gasteiger partial charge is 0.0725 e. The van der Waals surface area contributed by atoms with E-state index in [1.807, 2.05) is 10.9 Å². The Bertz CT molecular complexity index is 293. The van der Waals surface area contributed by atoms with Gasteiger partial charge in [-0.3, -0.25) is 0 Å². The van der Waals surface area contributed by atoms with Crippen molar-refractivity contribution in [3.63, 3.8) is 0 Å². The van der Waals surface area contributed by atoms with Crippen molar-refractivity contribution in [3.8, 4) is 0 Å². The van der Waals surface area contributed by atoms with E-state index in [1.165, 1.54) is 5.69 Å². The van der Waals surface area contributed by atoms with Crippen LogP contribution in [-0.2, 0) is 13.0 Å². The highest BCUT2D eigenvalue weighted by Crippen LogP contribution is 2.07. The van der Waals surface area contributed by atoms with E-state index in [2.05, 4.69) is 43.3 Å². The van der Waals surface area contributed by atoms with Gasteiger partial charge in [-0.25, -0.2) is 4.68 Å². The summed E-state index contributed by atoms with van der Waals surface area (Å²) < 4.78 is 2.02. The van der Waals surface area contributed by atoms with Gasteiger partial charge in [0.05, 0.1) is 11.9 Å². The van der Waals surface area contributed by atoms with Gasteiger partial charge < -0.3 is 5.32 Å². The van der Waals surface area contributed by atoms with E-state index in [0.29, 0.717) is 12.0 Å². The molecule has 0 fully saturated rings. The number of aromatic nitrogens is 3. The van der Waals surface area contributed by atoms with Crippen molar-refractivity contribution >= 4 is 0 Å². The molecular weight excluding hydrogens is 200 g/mol. The predicted octanol–water partition coefficient (Wildman–Crippen LogP) is 1.86. The molecule has 1 atom stereocenters. The molecule has 0 saturated carbocycles. The lowest BCUT2D eigenvalue weighted by Gasteiger charge is -2.15. The SMILES string of the molecule is CCCn1nncc1CC(C)CNC(C)C. The Morgan fingerprint density at radius 2 is 2.12 bits per heavy atom. The van der Waals surface area contributed by atoms with Crippen LogP contribution in [0.3, 0.4) is 0 Å². The normalized spacial score (nSPS) is 13.3. The Morgan fingerprint density at radius 1 is 1.38 bits per heavy atom. The molecule has 0 spiro atoms. The lowest BCUT2D eigenvalue weighted by molar-refractivity contribution is 0.455. The maximum Gasteiger partial charge on any atom is 0.0725 e. The predicted molar refractivity (Wildman–Crippen MR) is 66.3 cm³/mol. The molecule has 0 aromatic carbocycles. The molecular formula is C12H24N4. The summed E-state index contributed by atoms with van der Waals surface area (Å²) in [7, 11) is 0. The number of aryl methyl sites for hydroxylation is 1. The Morgan fingerprint density at radius 3 is 2.75 bits per heavy atom. The summed E-state index contributed by atoms with van der Waals surface area (Å²) >= 11 is 0. The van der Waals surface area contributed by atoms with Gasteiger partial charge in [-0.2, -0.15) is 0 Å². The zero-order chi connectivity index (χ0) is 12.0. The summed E-state index contributed by atoms with van der Waals surface area (Å²) in [6.45, 7) is 10.8. The Balaban J connectivity index is 2.42. The molecule has 0 aliphatic rings. The fraction of sp³-hybridized carbons (Fsp3) is 0.833. The topological polar surface area (TPSA) is 42.7 Å². The van der Waals surface area contributed by atoms with Crippen LogP contribution in [0.5, 0.6) is 0 Å². The van der Waals surface area contributed by atoms with Gasteiger partial charge >= 0.3 is 0 Å². The van der Waals surface area contributed by atoms with Crippen molar-refractivity contribution in [3.05, 3.63) is 11.9 Å². The number of hydrogen-bond donors (Lipinski definition) is 1. The van der Waals surface area contributed by atoms with Crippen LogP contribution in [0.1, 0.15) is 39.8 Å². The van der Waals surface area contributed by atoms with Gasteiger partial charge in [-0.15, -0.1) is 5.10 Å². The third-order valence-corrected chi connectivity index (χ3v) is 2.57. The first-order valence-corrected chi connectivity index (χ1v) is 6.24. The summed E-state index contributed by atoms with van der Waals surface area (Å²) in [5.41, 5.74) is 1.25. The second kappa shape index (κ2) is 6.63. The molecule has 16 heavy (non-hydrogen) atoms. The van der Waals surface area contributed by atoms with Gasteiger partial charge in [0.1, 0.15) is 0 Å². The average Bonchev–Trinajstić information content (AvgIpc) is 2.63. The fourth-order valence-corrected chi connectivity index (χ4v) is 1.70. The number of hydrogen-bond acceptors (Lipinski definition) is 3. The second-order valence-electron chi connectivity index (χ2n) is 4.82. The third kappa shape index (κ3) is 4.31. The lowest BCUT2D eigenvalue weighted by Crippen LogP contribution is -2.29. The van der Waals surface area contributed by atoms with E-state index < -0.39 is 0 Å². The second-order valence-corrected chi connectivity index (χ2v) is 4.82. The first kappa shape index (κ1) is 13.2. The summed E-state index contributed by atoms with van der Waals surface area (Å²) in [5, 5.41) is 11.5. The van der Waals surface area contributed by atoms with Crippen molar-refractivity contribution in [2.45, 2.75) is 53.1 Å². The van der Waals surface area contributed by atoms with Crippen molar-refractivity contribution < 1.29 is 0 Å². The molecule has 0 bridgehead atoms. The zero-order valence-corrected chi connectivity index (χ0v) is 10.9. The first-order valence-electron chi connectivity index (χ1n) is 6.24. The van der Waals surface area contributed by atoms with Gasteiger partial charge in [0.25, 0.3) is 0 Å². The van der Waals surface area contributed by atoms with Crippen LogP contribution < -0.4 is 5.32 Å². The summed E-state index contributed by atoms with van der Waals surface area (Å²) in [5.74, 6) is 0.622. The van der Waals surface area contributed by atoms with Crippen molar-refractivity contribution in [1.82, 2.24) is 20.3 Å². The summed E-state index contributed by atoms with van der Waals surface area (Å²) in [6.07, 6.45) is 4.04. The van der Waals surface area contributed by atoms with Gasteiger partial charge in [0.2, 0.25) is 0 Å². The highest BCUT2D eigenvalue weighted by Gasteiger charge is 2.09. The van der Waals surface area contributed by atoms with Crippen LogP contribution in [0.15, 0.2) is 6.20 Å². The van der Waals surface area contributed by atoms with E-state index in [0.717, 1.165) is 25.9 Å². The molecule has 4 nitrogen and oxygen atoms in total. The quantitative estimate of drug-likeness (QED) is 0.769. The minimum Gasteiger partial charge on any atom is -0.314 e. The third-order valence-electron chi connectivity index (χ3n) is 2.57. The molecule has 1 aromatic rings. The Hall–Kier alpha value is -0.900. The van der Waals surface area contributed by atoms with Crippen LogP contribution in [0.25, 0.3) is 0 Å². The first-order chi connectivity index (χ1) is 7.63. The van der Waals surface area contributed by atoms with Crippen LogP contribution in [-0.4, -0.2) is 27.6 Å². The van der Waals surface area contributed by atoms with E-state index in [1.54, 1.807) is 0 Å². The van der Waals surface area contributed by atoms with Crippen molar-refractivity contribution in [1.29, 1.82) is 0 Å². The standard InChI is InChI=1S/C12H24N4/c1-5-6-16-12(9-14-15-16)7-11(4)8-13-10(2)3/h9-11,13H,5-8H2,1-4H3. The summed E-state index contributed by atoms with van der Waals surface area (Å²) in [4.78, 5) is 0. The Labute approximate surface area is 98.4 Å². The largest absolute Gasteiger partial charge is 0.314 e. The van der Waals surface area contributed by atoms with E-state index >= 15 is 0 Å². The van der Waals surface area contributed by atoms with Gasteiger partial charge in [0.15, 0.2) is 0 Å². The van der Waals surface area contributed by atoms with Crippen molar-refractivity contribution in [2.75, 3.05) is 6.54 Å². The minimum absolute atomic E-state index is 0.557. The van der Waals surface area contributed by atoms with E-state index in [-0.39, 0.29) is 0 Å². The molecule has 1 heterocycles. The van der Waals surface area contributed by atoms with Crippen molar-refractivity contribution in [2.24, 2.45) is 5.92 Å². The van der Waals surface area contributed by atoms with Crippen LogP contribution in [0, 0.1) is 5.92 Å². The number of rotatable bonds is 7. The molecule has 4 heteroatoms. The monoisotopic (exact) mass is 224 g/mol. The fourth-order valence-electron chi connectivity index (χ4n) is 1.70. The maximum absolute atomic E-state index is 4.10. The van der Waals surface area contributed by atoms with Crippen LogP contribution in [0.4, 0.5) is 0 Å². The molecule has 0 aliphatic heterocycles. The van der Waals surface area contributed by atoms with Crippen LogP contribution >= 0.6 is 0 Å². The van der Waals surface area contributed by atoms with E-state index in [9.17, 15) is 0 Å². The Kier molecular flexibility index (Phi) is 5.46. The van der Waals surface area contributed by atoms with Crippen LogP contribution in [0.2, 0.25) is 0 Å². The number of nitrogens with one attached hydrogen (secondary N) is 1. The number of nitrogens with zero attached hydrogens (tertiary/aromatic N) is 3. The molecule has 0 aliphatic carbocycles. The van der Waals surface area contributed by atoms with Gasteiger partial charge in [0, 0.05) is 12.6 Å². The molecule has 1 aromatic heterocycles. The van der Waals surface area contributed by atoms with Gasteiger partial charge in [-0.1, -0.05) is 32.9 Å². The molecule has 92 valence electrons. The average molecular weight is 224 g/mol. The van der Waals surface area contributed by atoms with Gasteiger partial charge in [-0.05, 0) is 25.3 Å². The molecule has 0 amide bonds. The molecule has 1 rings (SSSR count). The zero-order valence-electron chi connectivity index (χ0n) is 10.9. The molecule has 0 radical (unpaired) electrons. The lowest BCUT2D eigenvalue weighted by atomic mass is 10.1. The molecule has 1 unspecified atom stereocenters. The minimum atomic E-state index is 0.557. The maximum atomic E-state index is 4.10. The highest BCUT2D eigenvalue weighted by atomic mass is 15.4. The highest BCUT2D eigenvalue weighted by molar-refractivity contribution is 4.95. The summed E-state index contributed by atoms with van der Waals surface area (Å²) in [6, 6.07) is 0.557.